The second-order valence-corrected chi connectivity index (χ2v) is 4.91. The molecule has 7 nitrogen and oxygen atoms in total. The molecule has 0 aromatic heterocycles. The number of aliphatic carboxylic acids is 1. The third-order valence-corrected chi connectivity index (χ3v) is 2.24. The first-order valence-corrected chi connectivity index (χ1v) is 5.12. The molecule has 0 aliphatic carbocycles. The van der Waals surface area contributed by atoms with E-state index in [1.165, 1.54) is 0 Å². The Balaban J connectivity index is 4.62. The molecule has 7 heteroatoms. The van der Waals surface area contributed by atoms with Crippen LogP contribution < -0.4 is 16.8 Å². The summed E-state index contributed by atoms with van der Waals surface area (Å²) < 4.78 is 0. The highest BCUT2D eigenvalue weighted by Gasteiger charge is 2.31. The lowest BCUT2D eigenvalue weighted by Crippen LogP contribution is -2.53. The van der Waals surface area contributed by atoms with Crippen LogP contribution in [0, 0.1) is 5.41 Å². The van der Waals surface area contributed by atoms with Gasteiger partial charge in [-0.2, -0.15) is 0 Å². The summed E-state index contributed by atoms with van der Waals surface area (Å²) in [5, 5.41) is 11.0. The molecule has 2 atom stereocenters. The number of hydrogen-bond acceptors (Lipinski definition) is 4. The minimum Gasteiger partial charge on any atom is -0.480 e. The molecular formula is C10H19N3O4. The average molecular weight is 245 g/mol. The molecule has 0 aromatic rings. The number of carboxylic acids is 1. The molecule has 0 radical (unpaired) electrons. The van der Waals surface area contributed by atoms with E-state index < -0.39 is 41.7 Å². The van der Waals surface area contributed by atoms with Gasteiger partial charge in [-0.3, -0.25) is 9.59 Å². The Hall–Kier alpha value is -1.63. The number of hydrogen-bond donors (Lipinski definition) is 4. The molecular weight excluding hydrogens is 226 g/mol. The standard InChI is InChI=1S/C10H19N3O4/c1-10(2,3)7(12)8(15)13-5(9(16)17)4-6(11)14/h5,7H,4,12H2,1-3H3,(H2,11,14)(H,13,15)(H,16,17)/t5-,7-/m1/s1. The highest BCUT2D eigenvalue weighted by Crippen LogP contribution is 2.17. The van der Waals surface area contributed by atoms with Gasteiger partial charge in [0.2, 0.25) is 11.8 Å². The Morgan fingerprint density at radius 2 is 1.76 bits per heavy atom. The van der Waals surface area contributed by atoms with Gasteiger partial charge in [-0.25, -0.2) is 4.79 Å². The third kappa shape index (κ3) is 5.30. The topological polar surface area (TPSA) is 136 Å². The predicted molar refractivity (Wildman–Crippen MR) is 60.8 cm³/mol. The Bertz CT molecular complexity index is 322. The lowest BCUT2D eigenvalue weighted by Gasteiger charge is -2.27. The Labute approximate surface area is 99.5 Å². The van der Waals surface area contributed by atoms with Gasteiger partial charge in [-0.1, -0.05) is 20.8 Å². The fraction of sp³-hybridized carbons (Fsp3) is 0.700. The quantitative estimate of drug-likeness (QED) is 0.482. The molecule has 0 heterocycles. The summed E-state index contributed by atoms with van der Waals surface area (Å²) in [6.07, 6.45) is -0.460. The fourth-order valence-corrected chi connectivity index (χ4v) is 1.06. The van der Waals surface area contributed by atoms with Crippen molar-refractivity contribution in [2.24, 2.45) is 16.9 Å². The first-order chi connectivity index (χ1) is 7.55. The van der Waals surface area contributed by atoms with Crippen LogP contribution in [0.3, 0.4) is 0 Å². The zero-order valence-corrected chi connectivity index (χ0v) is 10.2. The molecule has 0 saturated carbocycles. The second kappa shape index (κ2) is 5.62. The molecule has 0 unspecified atom stereocenters. The van der Waals surface area contributed by atoms with Crippen molar-refractivity contribution in [1.82, 2.24) is 5.32 Å². The van der Waals surface area contributed by atoms with E-state index in [0.717, 1.165) is 0 Å². The predicted octanol–water partition coefficient (Wildman–Crippen LogP) is -1.20. The number of nitrogens with two attached hydrogens (primary N) is 2. The summed E-state index contributed by atoms with van der Waals surface area (Å²) in [5.74, 6) is -2.74. The van der Waals surface area contributed by atoms with Crippen molar-refractivity contribution in [2.75, 3.05) is 0 Å². The van der Waals surface area contributed by atoms with E-state index in [9.17, 15) is 14.4 Å². The number of nitrogens with one attached hydrogen (secondary N) is 1. The molecule has 98 valence electrons. The normalized spacial score (nSPS) is 14.8. The SMILES string of the molecule is CC(C)(C)[C@H](N)C(=O)N[C@H](CC(N)=O)C(=O)O. The molecule has 0 aromatic carbocycles. The zero-order valence-electron chi connectivity index (χ0n) is 10.2. The smallest absolute Gasteiger partial charge is 0.326 e. The largest absolute Gasteiger partial charge is 0.480 e. The summed E-state index contributed by atoms with van der Waals surface area (Å²) in [6, 6.07) is -2.20. The van der Waals surface area contributed by atoms with E-state index >= 15 is 0 Å². The van der Waals surface area contributed by atoms with Crippen LogP contribution in [-0.2, 0) is 14.4 Å². The second-order valence-electron chi connectivity index (χ2n) is 4.91. The van der Waals surface area contributed by atoms with Gasteiger partial charge in [0.25, 0.3) is 0 Å². The van der Waals surface area contributed by atoms with Gasteiger partial charge in [-0.15, -0.1) is 0 Å². The number of primary amides is 1. The molecule has 0 rings (SSSR count). The molecule has 0 spiro atoms. The summed E-state index contributed by atoms with van der Waals surface area (Å²) in [7, 11) is 0. The molecule has 0 aliphatic rings. The maximum Gasteiger partial charge on any atom is 0.326 e. The van der Waals surface area contributed by atoms with Crippen LogP contribution in [-0.4, -0.2) is 35.0 Å². The van der Waals surface area contributed by atoms with Crippen LogP contribution >= 0.6 is 0 Å². The van der Waals surface area contributed by atoms with Crippen molar-refractivity contribution >= 4 is 17.8 Å². The monoisotopic (exact) mass is 245 g/mol. The van der Waals surface area contributed by atoms with Crippen LogP contribution in [0.1, 0.15) is 27.2 Å². The highest BCUT2D eigenvalue weighted by molar-refractivity contribution is 5.90. The first-order valence-electron chi connectivity index (χ1n) is 5.12. The molecule has 2 amide bonds. The van der Waals surface area contributed by atoms with Crippen LogP contribution in [0.25, 0.3) is 0 Å². The minimum atomic E-state index is -1.34. The number of amides is 2. The van der Waals surface area contributed by atoms with Crippen LogP contribution in [0.4, 0.5) is 0 Å². The Kier molecular flexibility index (Phi) is 5.09. The summed E-state index contributed by atoms with van der Waals surface area (Å²) >= 11 is 0. The van der Waals surface area contributed by atoms with Gasteiger partial charge >= 0.3 is 5.97 Å². The van der Waals surface area contributed by atoms with Gasteiger partial charge in [0.05, 0.1) is 12.5 Å². The van der Waals surface area contributed by atoms with E-state index in [1.807, 2.05) is 0 Å². The Morgan fingerprint density at radius 3 is 2.06 bits per heavy atom. The molecule has 0 bridgehead atoms. The van der Waals surface area contributed by atoms with E-state index in [-0.39, 0.29) is 0 Å². The van der Waals surface area contributed by atoms with Crippen LogP contribution in [0.5, 0.6) is 0 Å². The molecule has 0 saturated heterocycles. The van der Waals surface area contributed by atoms with Crippen molar-refractivity contribution in [3.63, 3.8) is 0 Å². The van der Waals surface area contributed by atoms with Crippen molar-refractivity contribution in [1.29, 1.82) is 0 Å². The number of carbonyl (C=O) groups excluding carboxylic acids is 2. The molecule has 6 N–H and O–H groups in total. The highest BCUT2D eigenvalue weighted by atomic mass is 16.4. The summed E-state index contributed by atoms with van der Waals surface area (Å²) in [4.78, 5) is 33.1. The van der Waals surface area contributed by atoms with E-state index in [4.69, 9.17) is 16.6 Å². The van der Waals surface area contributed by atoms with Gasteiger partial charge in [0.15, 0.2) is 0 Å². The van der Waals surface area contributed by atoms with E-state index in [0.29, 0.717) is 0 Å². The fourth-order valence-electron chi connectivity index (χ4n) is 1.06. The van der Waals surface area contributed by atoms with Crippen LogP contribution in [0.2, 0.25) is 0 Å². The average Bonchev–Trinajstić information content (AvgIpc) is 2.13. The zero-order chi connectivity index (χ0) is 13.8. The first kappa shape index (κ1) is 15.4. The summed E-state index contributed by atoms with van der Waals surface area (Å²) in [5.41, 5.74) is 10.0. The minimum absolute atomic E-state index is 0.460. The van der Waals surface area contributed by atoms with Crippen LogP contribution in [0.15, 0.2) is 0 Å². The maximum atomic E-state index is 11.6. The molecule has 17 heavy (non-hydrogen) atoms. The van der Waals surface area contributed by atoms with Crippen molar-refractivity contribution in [2.45, 2.75) is 39.3 Å². The maximum absolute atomic E-state index is 11.6. The molecule has 0 fully saturated rings. The van der Waals surface area contributed by atoms with Gasteiger partial charge < -0.3 is 21.9 Å². The van der Waals surface area contributed by atoms with Gasteiger partial charge in [0, 0.05) is 0 Å². The Morgan fingerprint density at radius 1 is 1.29 bits per heavy atom. The number of carbonyl (C=O) groups is 3. The van der Waals surface area contributed by atoms with Gasteiger partial charge in [0.1, 0.15) is 6.04 Å². The van der Waals surface area contributed by atoms with E-state index in [1.54, 1.807) is 20.8 Å². The summed E-state index contributed by atoms with van der Waals surface area (Å²) in [6.45, 7) is 5.25. The number of carboxylic acid groups (broad SMARTS) is 1. The van der Waals surface area contributed by atoms with Crippen molar-refractivity contribution in [3.8, 4) is 0 Å². The third-order valence-electron chi connectivity index (χ3n) is 2.24. The lowest BCUT2D eigenvalue weighted by molar-refractivity contribution is -0.143. The lowest BCUT2D eigenvalue weighted by atomic mass is 9.87. The van der Waals surface area contributed by atoms with Crippen molar-refractivity contribution < 1.29 is 19.5 Å². The van der Waals surface area contributed by atoms with E-state index in [2.05, 4.69) is 5.32 Å². The van der Waals surface area contributed by atoms with Gasteiger partial charge in [-0.05, 0) is 5.41 Å². The number of rotatable bonds is 5. The molecule has 0 aliphatic heterocycles. The van der Waals surface area contributed by atoms with Crippen molar-refractivity contribution in [3.05, 3.63) is 0 Å².